The first-order valence-corrected chi connectivity index (χ1v) is 34.3. The molecule has 0 fully saturated rings. The Labute approximate surface area is 465 Å². The molecule has 10 heteroatoms. The van der Waals surface area contributed by atoms with E-state index in [1.807, 2.05) is 0 Å². The summed E-state index contributed by atoms with van der Waals surface area (Å²) in [6.07, 6.45) is 74.0. The van der Waals surface area contributed by atoms with Gasteiger partial charge < -0.3 is 20.1 Å². The molecule has 75 heavy (non-hydrogen) atoms. The van der Waals surface area contributed by atoms with E-state index in [4.69, 9.17) is 24.3 Å². The lowest BCUT2D eigenvalue weighted by Gasteiger charge is -2.19. The third-order valence-electron chi connectivity index (χ3n) is 14.8. The van der Waals surface area contributed by atoms with Crippen LogP contribution < -0.4 is 5.73 Å². The maximum atomic E-state index is 12.7. The standard InChI is InChI=1S/C65H126NO8P/c1-3-5-7-9-11-13-15-17-19-21-23-25-27-29-31-33-35-37-39-41-43-45-47-49-51-53-55-57-64(67)71-61-63(62-73-75(69,70)72-60-59-66)74-65(68)58-56-54-52-50-48-46-44-42-40-38-36-34-32-30-28-26-24-22-20-18-16-14-12-10-8-6-4-2/h21-24,63H,3-20,25-62,66H2,1-2H3,(H,69,70)/b23-21-,24-22-. The predicted molar refractivity (Wildman–Crippen MR) is 321 cm³/mol. The topological polar surface area (TPSA) is 134 Å². The van der Waals surface area contributed by atoms with Crippen molar-refractivity contribution in [2.75, 3.05) is 26.4 Å². The van der Waals surface area contributed by atoms with Gasteiger partial charge in [-0.25, -0.2) is 4.57 Å². The average Bonchev–Trinajstić information content (AvgIpc) is 3.40. The molecule has 2 atom stereocenters. The van der Waals surface area contributed by atoms with Crippen molar-refractivity contribution in [3.63, 3.8) is 0 Å². The van der Waals surface area contributed by atoms with Crippen molar-refractivity contribution < 1.29 is 37.6 Å². The third kappa shape index (κ3) is 61.6. The number of ether oxygens (including phenoxy) is 2. The molecular weight excluding hydrogens is 954 g/mol. The Bertz CT molecular complexity index is 1280. The van der Waals surface area contributed by atoms with Crippen LogP contribution in [0.15, 0.2) is 24.3 Å². The molecule has 0 rings (SSSR count). The monoisotopic (exact) mass is 1080 g/mol. The fraction of sp³-hybridized carbons (Fsp3) is 0.908. The number of carbonyl (C=O) groups is 2. The van der Waals surface area contributed by atoms with Gasteiger partial charge in [0.25, 0.3) is 0 Å². The molecule has 0 aliphatic heterocycles. The number of phosphoric acid groups is 1. The highest BCUT2D eigenvalue weighted by molar-refractivity contribution is 7.47. The minimum absolute atomic E-state index is 0.0562. The van der Waals surface area contributed by atoms with Crippen LogP contribution in [0.1, 0.15) is 348 Å². The largest absolute Gasteiger partial charge is 0.472 e. The third-order valence-corrected chi connectivity index (χ3v) is 15.8. The lowest BCUT2D eigenvalue weighted by molar-refractivity contribution is -0.161. The molecule has 3 N–H and O–H groups in total. The maximum Gasteiger partial charge on any atom is 0.472 e. The van der Waals surface area contributed by atoms with Crippen molar-refractivity contribution in [1.29, 1.82) is 0 Å². The Kier molecular flexibility index (Phi) is 60.5. The molecule has 0 spiro atoms. The van der Waals surface area contributed by atoms with E-state index in [0.29, 0.717) is 6.42 Å². The van der Waals surface area contributed by atoms with E-state index >= 15 is 0 Å². The Morgan fingerprint density at radius 2 is 0.653 bits per heavy atom. The van der Waals surface area contributed by atoms with Crippen LogP contribution >= 0.6 is 7.82 Å². The molecule has 0 heterocycles. The molecule has 0 amide bonds. The van der Waals surface area contributed by atoms with Gasteiger partial charge in [0, 0.05) is 19.4 Å². The summed E-state index contributed by atoms with van der Waals surface area (Å²) >= 11 is 0. The van der Waals surface area contributed by atoms with Gasteiger partial charge in [0.15, 0.2) is 6.10 Å². The summed E-state index contributed by atoms with van der Waals surface area (Å²) in [5.41, 5.74) is 5.40. The molecular formula is C65H126NO8P. The minimum atomic E-state index is -4.39. The average molecular weight is 1080 g/mol. The number of nitrogens with two attached hydrogens (primary N) is 1. The first-order valence-electron chi connectivity index (χ1n) is 32.8. The first kappa shape index (κ1) is 73.5. The molecule has 0 aromatic heterocycles. The summed E-state index contributed by atoms with van der Waals surface area (Å²) in [4.78, 5) is 35.3. The van der Waals surface area contributed by atoms with Crippen LogP contribution in [0.4, 0.5) is 0 Å². The second-order valence-electron chi connectivity index (χ2n) is 22.3. The zero-order valence-corrected chi connectivity index (χ0v) is 50.7. The van der Waals surface area contributed by atoms with E-state index in [1.54, 1.807) is 0 Å². The molecule has 0 aromatic carbocycles. The van der Waals surface area contributed by atoms with E-state index in [9.17, 15) is 19.0 Å². The number of hydrogen-bond donors (Lipinski definition) is 2. The van der Waals surface area contributed by atoms with Gasteiger partial charge in [-0.1, -0.05) is 295 Å². The zero-order valence-electron chi connectivity index (χ0n) is 49.8. The number of hydrogen-bond acceptors (Lipinski definition) is 8. The van der Waals surface area contributed by atoms with Crippen LogP contribution in [-0.4, -0.2) is 49.3 Å². The van der Waals surface area contributed by atoms with Crippen molar-refractivity contribution in [2.24, 2.45) is 5.73 Å². The van der Waals surface area contributed by atoms with E-state index in [1.165, 1.54) is 283 Å². The van der Waals surface area contributed by atoms with Crippen LogP contribution in [0.2, 0.25) is 0 Å². The predicted octanol–water partition coefficient (Wildman–Crippen LogP) is 21.0. The molecule has 0 aromatic rings. The summed E-state index contributed by atoms with van der Waals surface area (Å²) in [6.45, 7) is 3.81. The molecule has 9 nitrogen and oxygen atoms in total. The fourth-order valence-electron chi connectivity index (χ4n) is 9.92. The molecule has 0 saturated heterocycles. The summed E-state index contributed by atoms with van der Waals surface area (Å²) in [5.74, 6) is -0.807. The number of esters is 2. The highest BCUT2D eigenvalue weighted by Gasteiger charge is 2.26. The number of unbranched alkanes of at least 4 members (excludes halogenated alkanes) is 46. The van der Waals surface area contributed by atoms with Gasteiger partial charge in [0.1, 0.15) is 6.61 Å². The second kappa shape index (κ2) is 61.7. The molecule has 0 bridgehead atoms. The van der Waals surface area contributed by atoms with Crippen LogP contribution in [0.5, 0.6) is 0 Å². The minimum Gasteiger partial charge on any atom is -0.462 e. The van der Waals surface area contributed by atoms with Gasteiger partial charge in [-0.15, -0.1) is 0 Å². The van der Waals surface area contributed by atoms with Crippen molar-refractivity contribution in [1.82, 2.24) is 0 Å². The number of phosphoric ester groups is 1. The highest BCUT2D eigenvalue weighted by atomic mass is 31.2. The number of allylic oxidation sites excluding steroid dienone is 4. The molecule has 0 aliphatic rings. The Balaban J connectivity index is 3.86. The van der Waals surface area contributed by atoms with Crippen molar-refractivity contribution >= 4 is 19.8 Å². The Morgan fingerprint density at radius 3 is 0.947 bits per heavy atom. The highest BCUT2D eigenvalue weighted by Crippen LogP contribution is 2.43. The first-order chi connectivity index (χ1) is 36.8. The van der Waals surface area contributed by atoms with E-state index in [2.05, 4.69) is 38.2 Å². The van der Waals surface area contributed by atoms with Crippen molar-refractivity contribution in [3.8, 4) is 0 Å². The second-order valence-corrected chi connectivity index (χ2v) is 23.8. The summed E-state index contributed by atoms with van der Waals surface area (Å²) in [5, 5.41) is 0. The normalized spacial score (nSPS) is 13.1. The molecule has 0 aliphatic carbocycles. The van der Waals surface area contributed by atoms with E-state index < -0.39 is 26.5 Å². The smallest absolute Gasteiger partial charge is 0.462 e. The quantitative estimate of drug-likeness (QED) is 0.0264. The molecule has 0 saturated carbocycles. The lowest BCUT2D eigenvalue weighted by Crippen LogP contribution is -2.29. The van der Waals surface area contributed by atoms with Gasteiger partial charge >= 0.3 is 19.8 Å². The summed E-state index contributed by atoms with van der Waals surface area (Å²) in [7, 11) is -4.39. The summed E-state index contributed by atoms with van der Waals surface area (Å²) in [6, 6.07) is 0. The zero-order chi connectivity index (χ0) is 54.5. The molecule has 0 radical (unpaired) electrons. The van der Waals surface area contributed by atoms with Crippen LogP contribution in [0.25, 0.3) is 0 Å². The van der Waals surface area contributed by atoms with Crippen molar-refractivity contribution in [3.05, 3.63) is 24.3 Å². The van der Waals surface area contributed by atoms with E-state index in [-0.39, 0.29) is 38.6 Å². The van der Waals surface area contributed by atoms with E-state index in [0.717, 1.165) is 32.1 Å². The van der Waals surface area contributed by atoms with Crippen molar-refractivity contribution in [2.45, 2.75) is 354 Å². The molecule has 2 unspecified atom stereocenters. The van der Waals surface area contributed by atoms with Gasteiger partial charge in [0.05, 0.1) is 13.2 Å². The van der Waals surface area contributed by atoms with Gasteiger partial charge in [0.2, 0.25) is 0 Å². The van der Waals surface area contributed by atoms with Crippen LogP contribution in [-0.2, 0) is 32.7 Å². The maximum absolute atomic E-state index is 12.7. The SMILES string of the molecule is CCCCCCCCCC/C=C\CCCCCCCCCCCCCCCCCC(=O)OCC(COP(=O)(O)OCCN)OC(=O)CCCCCCCCCCCCCCCCC/C=C\CCCCCCCCCC. The lowest BCUT2D eigenvalue weighted by atomic mass is 10.0. The van der Waals surface area contributed by atoms with Crippen LogP contribution in [0.3, 0.4) is 0 Å². The Morgan fingerprint density at radius 1 is 0.387 bits per heavy atom. The Hall–Kier alpha value is -1.51. The summed E-state index contributed by atoms with van der Waals surface area (Å²) < 4.78 is 33.1. The van der Waals surface area contributed by atoms with Gasteiger partial charge in [-0.2, -0.15) is 0 Å². The fourth-order valence-corrected chi connectivity index (χ4v) is 10.7. The van der Waals surface area contributed by atoms with Gasteiger partial charge in [-0.05, 0) is 64.2 Å². The number of rotatable bonds is 63. The van der Waals surface area contributed by atoms with Gasteiger partial charge in [-0.3, -0.25) is 18.6 Å². The number of carbonyl (C=O) groups excluding carboxylic acids is 2. The van der Waals surface area contributed by atoms with Crippen LogP contribution in [0, 0.1) is 0 Å². The molecule has 444 valence electrons.